The van der Waals surface area contributed by atoms with Gasteiger partial charge in [0.25, 0.3) is 0 Å². The molecule has 0 bridgehead atoms. The third-order valence-corrected chi connectivity index (χ3v) is 7.04. The zero-order chi connectivity index (χ0) is 11.9. The molecule has 1 atom stereocenters. The molecule has 0 fully saturated rings. The topological polar surface area (TPSA) is 27.7 Å². The Labute approximate surface area is 100 Å². The minimum Gasteiger partial charge on any atom is -0.373 e. The number of hydrogen-bond donors (Lipinski definition) is 1. The van der Waals surface area contributed by atoms with Gasteiger partial charge in [-0.25, -0.2) is 0 Å². The van der Waals surface area contributed by atoms with Crippen molar-refractivity contribution >= 4 is 21.4 Å². The number of thiol groups is 1. The van der Waals surface area contributed by atoms with Crippen LogP contribution in [0, 0.1) is 5.92 Å². The van der Waals surface area contributed by atoms with E-state index in [0.717, 1.165) is 0 Å². The van der Waals surface area contributed by atoms with Crippen molar-refractivity contribution in [3.05, 3.63) is 0 Å². The summed E-state index contributed by atoms with van der Waals surface area (Å²) in [6.07, 6.45) is 0. The van der Waals surface area contributed by atoms with Crippen LogP contribution < -0.4 is 0 Å². The van der Waals surface area contributed by atoms with Crippen LogP contribution in [0.25, 0.3) is 0 Å². The fourth-order valence-electron chi connectivity index (χ4n) is 1.39. The van der Waals surface area contributed by atoms with E-state index in [-0.39, 0.29) is 4.87 Å². The smallest absolute Gasteiger partial charge is 0.373 e. The maximum absolute atomic E-state index is 5.75. The lowest BCUT2D eigenvalue weighted by atomic mass is 10.3. The van der Waals surface area contributed by atoms with Crippen molar-refractivity contribution in [3.8, 4) is 0 Å². The lowest BCUT2D eigenvalue weighted by Crippen LogP contribution is -2.56. The Morgan fingerprint density at radius 3 is 1.47 bits per heavy atom. The zero-order valence-corrected chi connectivity index (χ0v) is 12.3. The van der Waals surface area contributed by atoms with Gasteiger partial charge in [-0.1, -0.05) is 13.8 Å². The van der Waals surface area contributed by atoms with Gasteiger partial charge in [0.15, 0.2) is 0 Å². The quantitative estimate of drug-likeness (QED) is 0.531. The summed E-state index contributed by atoms with van der Waals surface area (Å²) in [7, 11) is -2.60. The van der Waals surface area contributed by atoms with Crippen LogP contribution in [0.1, 0.15) is 34.6 Å². The van der Waals surface area contributed by atoms with E-state index in [1.807, 2.05) is 20.8 Å². The fourth-order valence-corrected chi connectivity index (χ4v) is 4.85. The van der Waals surface area contributed by atoms with Gasteiger partial charge in [-0.05, 0) is 26.7 Å². The average molecular weight is 252 g/mol. The molecule has 0 radical (unpaired) electrons. The van der Waals surface area contributed by atoms with Gasteiger partial charge in [0.2, 0.25) is 0 Å². The van der Waals surface area contributed by atoms with Gasteiger partial charge in [-0.15, -0.1) is 0 Å². The van der Waals surface area contributed by atoms with Gasteiger partial charge in [0.1, 0.15) is 0 Å². The first-order chi connectivity index (χ1) is 7.04. The second kappa shape index (κ2) is 7.68. The molecule has 0 aromatic heterocycles. The Balaban J connectivity index is 4.73. The lowest BCUT2D eigenvalue weighted by molar-refractivity contribution is 0.0662. The summed E-state index contributed by atoms with van der Waals surface area (Å²) in [5, 5.41) is 0. The van der Waals surface area contributed by atoms with Crippen LogP contribution in [0.2, 0.25) is 0 Å². The molecule has 3 nitrogen and oxygen atoms in total. The molecular weight excluding hydrogens is 228 g/mol. The number of hydrogen-bond acceptors (Lipinski definition) is 4. The maximum atomic E-state index is 5.75. The van der Waals surface area contributed by atoms with Crippen molar-refractivity contribution < 1.29 is 13.3 Å². The molecule has 0 N–H and O–H groups in total. The minimum atomic E-state index is -2.60. The van der Waals surface area contributed by atoms with E-state index < -0.39 is 8.80 Å². The van der Waals surface area contributed by atoms with Crippen molar-refractivity contribution in [2.75, 3.05) is 19.8 Å². The summed E-state index contributed by atoms with van der Waals surface area (Å²) in [4.78, 5) is 0.0392. The highest BCUT2D eigenvalue weighted by atomic mass is 32.1. The maximum Gasteiger partial charge on any atom is 0.514 e. The molecule has 92 valence electrons. The van der Waals surface area contributed by atoms with Crippen molar-refractivity contribution in [3.63, 3.8) is 0 Å². The van der Waals surface area contributed by atoms with Crippen molar-refractivity contribution in [1.82, 2.24) is 0 Å². The highest BCUT2D eigenvalue weighted by Crippen LogP contribution is 2.25. The monoisotopic (exact) mass is 252 g/mol. The van der Waals surface area contributed by atoms with Gasteiger partial charge < -0.3 is 13.3 Å². The van der Waals surface area contributed by atoms with Gasteiger partial charge >= 0.3 is 8.80 Å². The first-order valence-electron chi connectivity index (χ1n) is 5.63. The van der Waals surface area contributed by atoms with Gasteiger partial charge in [-0.3, -0.25) is 0 Å². The predicted octanol–water partition coefficient (Wildman–Crippen LogP) is 2.53. The fraction of sp³-hybridized carbons (Fsp3) is 1.00. The molecule has 15 heavy (non-hydrogen) atoms. The normalized spacial score (nSPS) is 14.6. The summed E-state index contributed by atoms with van der Waals surface area (Å²) in [5.74, 6) is 0.379. The molecular formula is C10H24O3SSi. The summed E-state index contributed by atoms with van der Waals surface area (Å²) >= 11 is 4.59. The first kappa shape index (κ1) is 15.4. The molecule has 0 heterocycles. The van der Waals surface area contributed by atoms with Gasteiger partial charge in [0.05, 0.1) is 4.87 Å². The van der Waals surface area contributed by atoms with Crippen LogP contribution in [0.5, 0.6) is 0 Å². The molecule has 0 spiro atoms. The van der Waals surface area contributed by atoms with Crippen LogP contribution in [0.3, 0.4) is 0 Å². The van der Waals surface area contributed by atoms with E-state index in [0.29, 0.717) is 25.7 Å². The minimum absolute atomic E-state index is 0.0392. The summed E-state index contributed by atoms with van der Waals surface area (Å²) in [6, 6.07) is 0. The summed E-state index contributed by atoms with van der Waals surface area (Å²) in [5.41, 5.74) is 0. The highest BCUT2D eigenvalue weighted by molar-refractivity contribution is 7.83. The molecule has 1 unspecified atom stereocenters. The van der Waals surface area contributed by atoms with Crippen LogP contribution in [-0.4, -0.2) is 33.5 Å². The Morgan fingerprint density at radius 2 is 1.27 bits per heavy atom. The van der Waals surface area contributed by atoms with Crippen molar-refractivity contribution in [1.29, 1.82) is 0 Å². The van der Waals surface area contributed by atoms with E-state index in [1.165, 1.54) is 0 Å². The molecule has 0 aliphatic carbocycles. The zero-order valence-electron chi connectivity index (χ0n) is 10.4. The standard InChI is InChI=1S/C10H24O3SSi/c1-6-11-15(12-7-2,13-8-3)10(14)9(4)5/h9-10,14H,6-8H2,1-5H3. The summed E-state index contributed by atoms with van der Waals surface area (Å²) < 4.78 is 17.3. The molecule has 0 rings (SSSR count). The van der Waals surface area contributed by atoms with Crippen LogP contribution >= 0.6 is 12.6 Å². The molecule has 0 aliphatic heterocycles. The SMILES string of the molecule is CCO[Si](OCC)(OCC)C(S)C(C)C. The molecule has 5 heteroatoms. The van der Waals surface area contributed by atoms with E-state index in [1.54, 1.807) is 0 Å². The van der Waals surface area contributed by atoms with E-state index in [4.69, 9.17) is 13.3 Å². The largest absolute Gasteiger partial charge is 0.514 e. The molecule has 0 saturated carbocycles. The first-order valence-corrected chi connectivity index (χ1v) is 7.95. The van der Waals surface area contributed by atoms with E-state index >= 15 is 0 Å². The van der Waals surface area contributed by atoms with Gasteiger partial charge in [-0.2, -0.15) is 12.6 Å². The van der Waals surface area contributed by atoms with Crippen LogP contribution in [0.15, 0.2) is 0 Å². The van der Waals surface area contributed by atoms with Crippen molar-refractivity contribution in [2.45, 2.75) is 39.5 Å². The Morgan fingerprint density at radius 1 is 0.933 bits per heavy atom. The van der Waals surface area contributed by atoms with Crippen LogP contribution in [0.4, 0.5) is 0 Å². The lowest BCUT2D eigenvalue weighted by Gasteiger charge is -2.34. The number of rotatable bonds is 8. The Bertz CT molecular complexity index is 150. The third-order valence-electron chi connectivity index (χ3n) is 2.03. The molecule has 0 aliphatic rings. The Kier molecular flexibility index (Phi) is 7.91. The summed E-state index contributed by atoms with van der Waals surface area (Å²) in [6.45, 7) is 11.9. The second-order valence-electron chi connectivity index (χ2n) is 3.59. The van der Waals surface area contributed by atoms with E-state index in [9.17, 15) is 0 Å². The highest BCUT2D eigenvalue weighted by Gasteiger charge is 2.48. The van der Waals surface area contributed by atoms with E-state index in [2.05, 4.69) is 26.5 Å². The van der Waals surface area contributed by atoms with Crippen molar-refractivity contribution in [2.24, 2.45) is 5.92 Å². The second-order valence-corrected chi connectivity index (χ2v) is 7.33. The molecule has 0 saturated heterocycles. The molecule has 0 aromatic rings. The van der Waals surface area contributed by atoms with Crippen LogP contribution in [-0.2, 0) is 13.3 Å². The van der Waals surface area contributed by atoms with Gasteiger partial charge in [0, 0.05) is 19.8 Å². The predicted molar refractivity (Wildman–Crippen MR) is 68.2 cm³/mol. The average Bonchev–Trinajstić information content (AvgIpc) is 2.17. The third kappa shape index (κ3) is 4.44. The Hall–Kier alpha value is 0.447. The molecule has 0 amide bonds. The molecule has 0 aromatic carbocycles.